The van der Waals surface area contributed by atoms with Gasteiger partial charge in [-0.3, -0.25) is 9.59 Å². The molecule has 0 spiro atoms. The molecule has 0 aliphatic carbocycles. The number of aliphatic hydroxyl groups is 1. The van der Waals surface area contributed by atoms with Crippen LogP contribution in [-0.4, -0.2) is 62.7 Å². The highest BCUT2D eigenvalue weighted by atomic mass is 32.1. The first-order chi connectivity index (χ1) is 15.9. The van der Waals surface area contributed by atoms with E-state index in [0.717, 1.165) is 21.7 Å². The number of thiazole rings is 1. The highest BCUT2D eigenvalue weighted by Gasteiger charge is 2.44. The van der Waals surface area contributed by atoms with Gasteiger partial charge in [0.25, 0.3) is 0 Å². The van der Waals surface area contributed by atoms with Gasteiger partial charge in [-0.1, -0.05) is 45.0 Å². The number of aliphatic hydroxyl groups excluding tert-OH is 1. The van der Waals surface area contributed by atoms with Crippen LogP contribution in [0.4, 0.5) is 4.79 Å². The molecular weight excluding hydrogens is 456 g/mol. The van der Waals surface area contributed by atoms with Crippen molar-refractivity contribution in [1.29, 1.82) is 0 Å². The van der Waals surface area contributed by atoms with Gasteiger partial charge in [-0.15, -0.1) is 11.3 Å². The van der Waals surface area contributed by atoms with Crippen molar-refractivity contribution in [3.8, 4) is 10.4 Å². The molecule has 1 saturated heterocycles. The maximum atomic E-state index is 13.2. The Morgan fingerprint density at radius 3 is 2.35 bits per heavy atom. The third-order valence-electron chi connectivity index (χ3n) is 6.02. The summed E-state index contributed by atoms with van der Waals surface area (Å²) in [6, 6.07) is 5.60. The Hall–Kier alpha value is -2.98. The lowest BCUT2D eigenvalue weighted by Crippen LogP contribution is -2.57. The van der Waals surface area contributed by atoms with Crippen LogP contribution in [0.1, 0.15) is 51.4 Å². The summed E-state index contributed by atoms with van der Waals surface area (Å²) in [7, 11) is 0. The Kier molecular flexibility index (Phi) is 7.62. The van der Waals surface area contributed by atoms with Crippen LogP contribution in [0.25, 0.3) is 10.4 Å². The fourth-order valence-corrected chi connectivity index (χ4v) is 4.95. The molecule has 4 atom stereocenters. The van der Waals surface area contributed by atoms with Gasteiger partial charge in [0, 0.05) is 13.0 Å². The lowest BCUT2D eigenvalue weighted by molar-refractivity contribution is -0.142. The number of aryl methyl sites for hydroxylation is 1. The minimum absolute atomic E-state index is 0.0257. The number of rotatable bonds is 6. The Morgan fingerprint density at radius 2 is 1.82 bits per heavy atom. The van der Waals surface area contributed by atoms with Gasteiger partial charge in [-0.05, 0) is 30.4 Å². The number of nitrogens with zero attached hydrogens (tertiary/aromatic N) is 2. The van der Waals surface area contributed by atoms with Crippen LogP contribution >= 0.6 is 11.3 Å². The van der Waals surface area contributed by atoms with Crippen molar-refractivity contribution in [2.75, 3.05) is 6.54 Å². The molecule has 1 aliphatic rings. The molecule has 4 N–H and O–H groups in total. The van der Waals surface area contributed by atoms with Crippen molar-refractivity contribution in [1.82, 2.24) is 20.5 Å². The molecule has 1 aromatic heterocycles. The van der Waals surface area contributed by atoms with E-state index in [0.29, 0.717) is 0 Å². The SMILES string of the molecule is Cc1ncsc1-c1ccc([C@H](C)NC(=O)[C@@H]2C[C@H](O)CN2C(=O)C(NC(=O)O)C(C)(C)C)cc1. The first kappa shape index (κ1) is 25.6. The van der Waals surface area contributed by atoms with Gasteiger partial charge in [0.1, 0.15) is 12.1 Å². The Morgan fingerprint density at radius 1 is 1.18 bits per heavy atom. The molecule has 3 amide bonds. The summed E-state index contributed by atoms with van der Waals surface area (Å²) in [6.45, 7) is 9.02. The van der Waals surface area contributed by atoms with Crippen molar-refractivity contribution in [2.24, 2.45) is 5.41 Å². The third-order valence-corrected chi connectivity index (χ3v) is 7.00. The number of benzene rings is 1. The van der Waals surface area contributed by atoms with Crippen molar-refractivity contribution < 1.29 is 24.6 Å². The minimum atomic E-state index is -1.32. The zero-order valence-electron chi connectivity index (χ0n) is 20.0. The molecule has 0 saturated carbocycles. The number of β-amino-alcohol motifs (C(OH)–C–C–N with tert-alkyl or cyclic N) is 1. The first-order valence-corrected chi connectivity index (χ1v) is 12.0. The number of carboxylic acid groups (broad SMARTS) is 1. The quantitative estimate of drug-likeness (QED) is 0.494. The number of carbonyl (C=O) groups excluding carboxylic acids is 2. The van der Waals surface area contributed by atoms with E-state index in [1.54, 1.807) is 37.6 Å². The highest BCUT2D eigenvalue weighted by Crippen LogP contribution is 2.29. The zero-order chi connectivity index (χ0) is 25.2. The fraction of sp³-hybridized carbons (Fsp3) is 0.500. The second-order valence-corrected chi connectivity index (χ2v) is 10.6. The second-order valence-electron chi connectivity index (χ2n) is 9.76. The largest absolute Gasteiger partial charge is 0.465 e. The predicted octanol–water partition coefficient (Wildman–Crippen LogP) is 2.94. The molecule has 1 unspecified atom stereocenters. The van der Waals surface area contributed by atoms with Gasteiger partial charge in [0.2, 0.25) is 11.8 Å². The zero-order valence-corrected chi connectivity index (χ0v) is 20.8. The number of amides is 3. The third kappa shape index (κ3) is 5.74. The van der Waals surface area contributed by atoms with E-state index in [4.69, 9.17) is 0 Å². The van der Waals surface area contributed by atoms with Gasteiger partial charge in [-0.2, -0.15) is 0 Å². The topological polar surface area (TPSA) is 132 Å². The second kappa shape index (κ2) is 10.1. The summed E-state index contributed by atoms with van der Waals surface area (Å²) in [6.07, 6.45) is -2.08. The van der Waals surface area contributed by atoms with Crippen LogP contribution in [0.3, 0.4) is 0 Å². The van der Waals surface area contributed by atoms with E-state index < -0.39 is 35.6 Å². The molecular formula is C24H32N4O5S. The normalized spacial score (nSPS) is 20.0. The summed E-state index contributed by atoms with van der Waals surface area (Å²) in [5.41, 5.74) is 4.01. The number of hydrogen-bond donors (Lipinski definition) is 4. The van der Waals surface area contributed by atoms with Crippen molar-refractivity contribution in [3.05, 3.63) is 41.0 Å². The Labute approximate surface area is 203 Å². The molecule has 1 fully saturated rings. The molecule has 0 bridgehead atoms. The van der Waals surface area contributed by atoms with Gasteiger partial charge in [0.15, 0.2) is 0 Å². The van der Waals surface area contributed by atoms with Crippen LogP contribution in [0, 0.1) is 12.3 Å². The number of carbonyl (C=O) groups is 3. The summed E-state index contributed by atoms with van der Waals surface area (Å²) < 4.78 is 0. The maximum Gasteiger partial charge on any atom is 0.405 e. The van der Waals surface area contributed by atoms with Crippen LogP contribution < -0.4 is 10.6 Å². The van der Waals surface area contributed by atoms with Gasteiger partial charge in [-0.25, -0.2) is 9.78 Å². The molecule has 2 aromatic rings. The van der Waals surface area contributed by atoms with E-state index in [9.17, 15) is 24.6 Å². The molecule has 9 nitrogen and oxygen atoms in total. The maximum absolute atomic E-state index is 13.2. The summed E-state index contributed by atoms with van der Waals surface area (Å²) >= 11 is 1.57. The Balaban J connectivity index is 1.72. The number of aromatic nitrogens is 1. The van der Waals surface area contributed by atoms with Crippen molar-refractivity contribution in [2.45, 2.75) is 65.3 Å². The summed E-state index contributed by atoms with van der Waals surface area (Å²) in [5.74, 6) is -0.911. The lowest BCUT2D eigenvalue weighted by atomic mass is 9.85. The first-order valence-electron chi connectivity index (χ1n) is 11.2. The van der Waals surface area contributed by atoms with Crippen LogP contribution in [0.5, 0.6) is 0 Å². The molecule has 2 heterocycles. The van der Waals surface area contributed by atoms with Crippen LogP contribution in [-0.2, 0) is 9.59 Å². The van der Waals surface area contributed by atoms with Crippen LogP contribution in [0.2, 0.25) is 0 Å². The lowest BCUT2D eigenvalue weighted by Gasteiger charge is -2.34. The monoisotopic (exact) mass is 488 g/mol. The molecule has 10 heteroatoms. The molecule has 34 heavy (non-hydrogen) atoms. The van der Waals surface area contributed by atoms with E-state index >= 15 is 0 Å². The van der Waals surface area contributed by atoms with E-state index in [1.165, 1.54) is 4.90 Å². The average molecular weight is 489 g/mol. The summed E-state index contributed by atoms with van der Waals surface area (Å²) in [4.78, 5) is 44.3. The molecule has 1 aliphatic heterocycles. The van der Waals surface area contributed by atoms with Crippen molar-refractivity contribution in [3.63, 3.8) is 0 Å². The van der Waals surface area contributed by atoms with Crippen molar-refractivity contribution >= 4 is 29.2 Å². The van der Waals surface area contributed by atoms with E-state index in [-0.39, 0.29) is 24.9 Å². The standard InChI is InChI=1S/C24H32N4O5S/c1-13(15-6-8-16(9-7-15)19-14(2)25-12-34-19)26-21(30)18-10-17(29)11-28(18)22(31)20(24(3,4)5)27-23(32)33/h6-9,12-13,17-18,20,27,29H,10-11H2,1-5H3,(H,26,30)(H,32,33)/t13-,17-,18-,20?/m0/s1. The number of nitrogens with one attached hydrogen (secondary N) is 2. The molecule has 1 aromatic carbocycles. The van der Waals surface area contributed by atoms with Crippen LogP contribution in [0.15, 0.2) is 29.8 Å². The fourth-order valence-electron chi connectivity index (χ4n) is 4.14. The highest BCUT2D eigenvalue weighted by molar-refractivity contribution is 7.13. The van der Waals surface area contributed by atoms with E-state index in [2.05, 4.69) is 15.6 Å². The number of hydrogen-bond acceptors (Lipinski definition) is 6. The minimum Gasteiger partial charge on any atom is -0.465 e. The molecule has 3 rings (SSSR count). The Bertz CT molecular complexity index is 1050. The van der Waals surface area contributed by atoms with E-state index in [1.807, 2.05) is 38.1 Å². The predicted molar refractivity (Wildman–Crippen MR) is 129 cm³/mol. The average Bonchev–Trinajstić information content (AvgIpc) is 3.36. The number of likely N-dealkylation sites (tertiary alicyclic amines) is 1. The van der Waals surface area contributed by atoms with Gasteiger partial charge >= 0.3 is 6.09 Å². The summed E-state index contributed by atoms with van der Waals surface area (Å²) in [5, 5.41) is 24.6. The van der Waals surface area contributed by atoms with Gasteiger partial charge in [0.05, 0.1) is 28.2 Å². The smallest absolute Gasteiger partial charge is 0.405 e. The van der Waals surface area contributed by atoms with Gasteiger partial charge < -0.3 is 25.7 Å². The molecule has 0 radical (unpaired) electrons. The molecule has 184 valence electrons.